The second kappa shape index (κ2) is 4.73. The first-order chi connectivity index (χ1) is 9.49. The SMILES string of the molecule is CCC(C)(C)N1CCC2(C=Cc3ccccc32)[C@H](C)C1. The molecule has 1 aliphatic carbocycles. The molecule has 3 rings (SSSR count). The van der Waals surface area contributed by atoms with Gasteiger partial charge in [0.2, 0.25) is 0 Å². The number of likely N-dealkylation sites (tertiary alicyclic amines) is 1. The Kier molecular flexibility index (Phi) is 3.29. The lowest BCUT2D eigenvalue weighted by Gasteiger charge is -2.50. The summed E-state index contributed by atoms with van der Waals surface area (Å²) in [4.78, 5) is 2.69. The van der Waals surface area contributed by atoms with Crippen LogP contribution in [0.5, 0.6) is 0 Å². The Morgan fingerprint density at radius 1 is 1.30 bits per heavy atom. The van der Waals surface area contributed by atoms with E-state index in [0.29, 0.717) is 11.5 Å². The third-order valence-corrected chi connectivity index (χ3v) is 5.91. The zero-order chi connectivity index (χ0) is 14.4. The Labute approximate surface area is 123 Å². The zero-order valence-electron chi connectivity index (χ0n) is 13.3. The molecule has 1 saturated heterocycles. The average molecular weight is 269 g/mol. The second-order valence-electron chi connectivity index (χ2n) is 7.22. The molecule has 1 nitrogen and oxygen atoms in total. The predicted molar refractivity (Wildman–Crippen MR) is 86.9 cm³/mol. The van der Waals surface area contributed by atoms with E-state index < -0.39 is 0 Å². The van der Waals surface area contributed by atoms with Gasteiger partial charge in [-0.3, -0.25) is 4.90 Å². The number of allylic oxidation sites excluding steroid dienone is 1. The van der Waals surface area contributed by atoms with Crippen LogP contribution in [-0.4, -0.2) is 23.5 Å². The van der Waals surface area contributed by atoms with Crippen LogP contribution in [0.3, 0.4) is 0 Å². The van der Waals surface area contributed by atoms with Crippen LogP contribution >= 0.6 is 0 Å². The third-order valence-electron chi connectivity index (χ3n) is 5.91. The van der Waals surface area contributed by atoms with Gasteiger partial charge in [0.05, 0.1) is 0 Å². The van der Waals surface area contributed by atoms with Crippen LogP contribution in [0.25, 0.3) is 6.08 Å². The van der Waals surface area contributed by atoms with Gasteiger partial charge in [-0.2, -0.15) is 0 Å². The minimum atomic E-state index is 0.289. The lowest BCUT2D eigenvalue weighted by atomic mass is 9.67. The quantitative estimate of drug-likeness (QED) is 0.765. The summed E-state index contributed by atoms with van der Waals surface area (Å²) in [7, 11) is 0. The van der Waals surface area contributed by atoms with Gasteiger partial charge in [-0.15, -0.1) is 0 Å². The van der Waals surface area contributed by atoms with Crippen LogP contribution in [0.1, 0.15) is 51.7 Å². The minimum Gasteiger partial charge on any atom is -0.298 e. The molecule has 2 aliphatic rings. The van der Waals surface area contributed by atoms with Crippen LogP contribution in [0.2, 0.25) is 0 Å². The van der Waals surface area contributed by atoms with E-state index in [2.05, 4.69) is 69.0 Å². The van der Waals surface area contributed by atoms with E-state index in [4.69, 9.17) is 0 Å². The molecule has 0 N–H and O–H groups in total. The Morgan fingerprint density at radius 2 is 2.05 bits per heavy atom. The fourth-order valence-electron chi connectivity index (χ4n) is 3.97. The third kappa shape index (κ3) is 1.95. The molecular formula is C19H27N. The van der Waals surface area contributed by atoms with Crippen LogP contribution in [0.15, 0.2) is 30.3 Å². The van der Waals surface area contributed by atoms with Crippen molar-refractivity contribution in [1.82, 2.24) is 4.90 Å². The van der Waals surface area contributed by atoms with E-state index in [1.165, 1.54) is 31.5 Å². The molecule has 0 bridgehead atoms. The molecule has 1 unspecified atom stereocenters. The molecule has 1 aliphatic heterocycles. The highest BCUT2D eigenvalue weighted by molar-refractivity contribution is 5.65. The molecule has 0 aromatic heterocycles. The van der Waals surface area contributed by atoms with E-state index in [1.54, 1.807) is 5.56 Å². The summed E-state index contributed by atoms with van der Waals surface area (Å²) in [6.45, 7) is 11.9. The van der Waals surface area contributed by atoms with E-state index in [1.807, 2.05) is 0 Å². The first-order valence-electron chi connectivity index (χ1n) is 8.03. The van der Waals surface area contributed by atoms with Gasteiger partial charge in [-0.05, 0) is 50.3 Å². The first kappa shape index (κ1) is 13.9. The number of hydrogen-bond donors (Lipinski definition) is 0. The van der Waals surface area contributed by atoms with Crippen molar-refractivity contribution in [2.75, 3.05) is 13.1 Å². The summed E-state index contributed by atoms with van der Waals surface area (Å²) in [5.74, 6) is 0.682. The molecule has 1 aromatic rings. The number of nitrogens with zero attached hydrogens (tertiary/aromatic N) is 1. The van der Waals surface area contributed by atoms with Crippen molar-refractivity contribution in [2.45, 2.75) is 51.5 Å². The summed E-state index contributed by atoms with van der Waals surface area (Å²) in [6.07, 6.45) is 7.30. The van der Waals surface area contributed by atoms with Crippen molar-refractivity contribution in [2.24, 2.45) is 5.92 Å². The maximum Gasteiger partial charge on any atom is 0.0191 e. The van der Waals surface area contributed by atoms with Gasteiger partial charge in [-0.25, -0.2) is 0 Å². The zero-order valence-corrected chi connectivity index (χ0v) is 13.3. The van der Waals surface area contributed by atoms with Gasteiger partial charge in [0.15, 0.2) is 0 Å². The van der Waals surface area contributed by atoms with Crippen LogP contribution in [0.4, 0.5) is 0 Å². The lowest BCUT2D eigenvalue weighted by molar-refractivity contribution is 0.0403. The fraction of sp³-hybridized carbons (Fsp3) is 0.579. The van der Waals surface area contributed by atoms with Gasteiger partial charge in [0.1, 0.15) is 0 Å². The predicted octanol–water partition coefficient (Wildman–Crippen LogP) is 4.48. The monoisotopic (exact) mass is 269 g/mol. The Morgan fingerprint density at radius 3 is 2.75 bits per heavy atom. The first-order valence-corrected chi connectivity index (χ1v) is 8.03. The molecular weight excluding hydrogens is 242 g/mol. The van der Waals surface area contributed by atoms with Crippen LogP contribution in [-0.2, 0) is 5.41 Å². The minimum absolute atomic E-state index is 0.289. The molecule has 2 atom stereocenters. The fourth-order valence-corrected chi connectivity index (χ4v) is 3.97. The maximum atomic E-state index is 2.69. The highest BCUT2D eigenvalue weighted by atomic mass is 15.2. The molecule has 0 saturated carbocycles. The molecule has 1 heteroatoms. The average Bonchev–Trinajstić information content (AvgIpc) is 2.82. The Hall–Kier alpha value is -1.08. The van der Waals surface area contributed by atoms with E-state index in [9.17, 15) is 0 Å². The molecule has 108 valence electrons. The Bertz CT molecular complexity index is 528. The molecule has 1 aromatic carbocycles. The molecule has 1 fully saturated rings. The smallest absolute Gasteiger partial charge is 0.0191 e. The number of fused-ring (bicyclic) bond motifs is 2. The topological polar surface area (TPSA) is 3.24 Å². The highest BCUT2D eigenvalue weighted by Crippen LogP contribution is 2.47. The maximum absolute atomic E-state index is 2.69. The van der Waals surface area contributed by atoms with Crippen molar-refractivity contribution in [3.8, 4) is 0 Å². The number of hydrogen-bond acceptors (Lipinski definition) is 1. The van der Waals surface area contributed by atoms with Gasteiger partial charge in [0, 0.05) is 17.5 Å². The molecule has 20 heavy (non-hydrogen) atoms. The molecule has 1 spiro atoms. The number of piperidine rings is 1. The lowest BCUT2D eigenvalue weighted by Crippen LogP contribution is -2.54. The van der Waals surface area contributed by atoms with Gasteiger partial charge >= 0.3 is 0 Å². The Balaban J connectivity index is 1.88. The standard InChI is InChI=1S/C19H27N/c1-5-18(3,4)20-13-12-19(15(2)14-20)11-10-16-8-6-7-9-17(16)19/h6-11,15H,5,12-14H2,1-4H3/t15-,19?/m1/s1. The molecule has 0 radical (unpaired) electrons. The van der Waals surface area contributed by atoms with E-state index in [-0.39, 0.29) is 5.41 Å². The van der Waals surface area contributed by atoms with Crippen LogP contribution < -0.4 is 0 Å². The number of rotatable bonds is 2. The van der Waals surface area contributed by atoms with Crippen LogP contribution in [0, 0.1) is 5.92 Å². The van der Waals surface area contributed by atoms with Gasteiger partial charge < -0.3 is 0 Å². The summed E-state index contributed by atoms with van der Waals surface area (Å²) in [5, 5.41) is 0. The molecule has 1 heterocycles. The molecule has 0 amide bonds. The summed E-state index contributed by atoms with van der Waals surface area (Å²) < 4.78 is 0. The van der Waals surface area contributed by atoms with Crippen molar-refractivity contribution in [3.63, 3.8) is 0 Å². The normalized spacial score (nSPS) is 29.9. The van der Waals surface area contributed by atoms with E-state index in [0.717, 1.165) is 0 Å². The van der Waals surface area contributed by atoms with E-state index >= 15 is 0 Å². The van der Waals surface area contributed by atoms with Crippen molar-refractivity contribution >= 4 is 6.08 Å². The highest BCUT2D eigenvalue weighted by Gasteiger charge is 2.45. The van der Waals surface area contributed by atoms with Crippen molar-refractivity contribution in [1.29, 1.82) is 0 Å². The summed E-state index contributed by atoms with van der Waals surface area (Å²) in [6, 6.07) is 8.95. The van der Waals surface area contributed by atoms with Crippen molar-refractivity contribution in [3.05, 3.63) is 41.5 Å². The summed E-state index contributed by atoms with van der Waals surface area (Å²) >= 11 is 0. The van der Waals surface area contributed by atoms with Gasteiger partial charge in [0.25, 0.3) is 0 Å². The second-order valence-corrected chi connectivity index (χ2v) is 7.22. The number of benzene rings is 1. The summed E-state index contributed by atoms with van der Waals surface area (Å²) in [5.41, 5.74) is 3.61. The van der Waals surface area contributed by atoms with Crippen molar-refractivity contribution < 1.29 is 0 Å². The largest absolute Gasteiger partial charge is 0.298 e. The van der Waals surface area contributed by atoms with Gasteiger partial charge in [-0.1, -0.05) is 50.3 Å².